The van der Waals surface area contributed by atoms with Crippen molar-refractivity contribution in [2.24, 2.45) is 0 Å². The molecule has 0 saturated heterocycles. The third-order valence-electron chi connectivity index (χ3n) is 3.35. The Morgan fingerprint density at radius 1 is 0.947 bits per heavy atom. The first-order valence-electron chi connectivity index (χ1n) is 6.56. The molecule has 98 valence electrons. The first-order chi connectivity index (χ1) is 9.19. The Bertz CT molecular complexity index is 565. The van der Waals surface area contributed by atoms with Gasteiger partial charge in [-0.2, -0.15) is 0 Å². The highest BCUT2D eigenvalue weighted by atomic mass is 16.5. The van der Waals surface area contributed by atoms with Crippen LogP contribution in [0.5, 0.6) is 5.75 Å². The molecule has 0 aliphatic heterocycles. The maximum atomic E-state index is 5.14. The zero-order chi connectivity index (χ0) is 13.7. The van der Waals surface area contributed by atoms with E-state index in [9.17, 15) is 0 Å². The van der Waals surface area contributed by atoms with Crippen LogP contribution in [0.1, 0.15) is 22.3 Å². The van der Waals surface area contributed by atoms with Crippen molar-refractivity contribution in [3.05, 3.63) is 70.8 Å². The average molecular weight is 252 g/mol. The highest BCUT2D eigenvalue weighted by Gasteiger charge is 1.95. The van der Waals surface area contributed by atoms with Gasteiger partial charge in [-0.15, -0.1) is 0 Å². The third kappa shape index (κ3) is 3.72. The van der Waals surface area contributed by atoms with Gasteiger partial charge >= 0.3 is 0 Å². The molecule has 0 heterocycles. The predicted octanol–water partition coefficient (Wildman–Crippen LogP) is 4.57. The summed E-state index contributed by atoms with van der Waals surface area (Å²) in [6.07, 6.45) is 5.31. The minimum atomic E-state index is 0.895. The lowest BCUT2D eigenvalue weighted by Gasteiger charge is -2.02. The molecular formula is C18H20O. The Morgan fingerprint density at radius 3 is 2.32 bits per heavy atom. The van der Waals surface area contributed by atoms with E-state index in [0.29, 0.717) is 0 Å². The van der Waals surface area contributed by atoms with Crippen LogP contribution in [-0.2, 0) is 6.42 Å². The normalized spacial score (nSPS) is 10.9. The fraction of sp³-hybridized carbons (Fsp3) is 0.222. The standard InChI is InChI=1S/C18H20O/c1-14-7-8-17(13-15(14)2)6-4-5-16-9-11-18(19-3)12-10-16/h4-5,7-13H,6H2,1-3H3. The molecule has 0 spiro atoms. The molecule has 2 aromatic carbocycles. The number of hydrogen-bond acceptors (Lipinski definition) is 1. The lowest BCUT2D eigenvalue weighted by Crippen LogP contribution is -1.86. The number of benzene rings is 2. The Hall–Kier alpha value is -2.02. The molecule has 1 nitrogen and oxygen atoms in total. The van der Waals surface area contributed by atoms with E-state index in [2.05, 4.69) is 56.3 Å². The second-order valence-corrected chi connectivity index (χ2v) is 4.80. The maximum absolute atomic E-state index is 5.14. The molecule has 0 atom stereocenters. The van der Waals surface area contributed by atoms with E-state index in [1.807, 2.05) is 12.1 Å². The minimum absolute atomic E-state index is 0.895. The lowest BCUT2D eigenvalue weighted by molar-refractivity contribution is 0.415. The van der Waals surface area contributed by atoms with E-state index in [4.69, 9.17) is 4.74 Å². The summed E-state index contributed by atoms with van der Waals surface area (Å²) < 4.78 is 5.14. The van der Waals surface area contributed by atoms with Gasteiger partial charge in [-0.3, -0.25) is 0 Å². The molecule has 0 saturated carbocycles. The summed E-state index contributed by atoms with van der Waals surface area (Å²) >= 11 is 0. The first-order valence-corrected chi connectivity index (χ1v) is 6.56. The van der Waals surface area contributed by atoms with Gasteiger partial charge in [0.1, 0.15) is 5.75 Å². The topological polar surface area (TPSA) is 9.23 Å². The van der Waals surface area contributed by atoms with Gasteiger partial charge in [-0.1, -0.05) is 42.5 Å². The number of hydrogen-bond donors (Lipinski definition) is 0. The molecule has 0 radical (unpaired) electrons. The van der Waals surface area contributed by atoms with Crippen molar-refractivity contribution >= 4 is 6.08 Å². The largest absolute Gasteiger partial charge is 0.497 e. The molecule has 0 N–H and O–H groups in total. The summed E-state index contributed by atoms with van der Waals surface area (Å²) in [6, 6.07) is 14.7. The van der Waals surface area contributed by atoms with Crippen LogP contribution in [0.2, 0.25) is 0 Å². The fourth-order valence-electron chi connectivity index (χ4n) is 1.98. The number of aryl methyl sites for hydroxylation is 2. The van der Waals surface area contributed by atoms with Crippen LogP contribution in [-0.4, -0.2) is 7.11 Å². The van der Waals surface area contributed by atoms with Crippen LogP contribution >= 0.6 is 0 Å². The van der Waals surface area contributed by atoms with Crippen LogP contribution in [0, 0.1) is 13.8 Å². The lowest BCUT2D eigenvalue weighted by atomic mass is 10.0. The van der Waals surface area contributed by atoms with Crippen LogP contribution in [0.25, 0.3) is 6.08 Å². The van der Waals surface area contributed by atoms with Crippen molar-refractivity contribution in [3.63, 3.8) is 0 Å². The van der Waals surface area contributed by atoms with E-state index in [1.165, 1.54) is 22.3 Å². The smallest absolute Gasteiger partial charge is 0.118 e. The SMILES string of the molecule is COc1ccc(C=CCc2ccc(C)c(C)c2)cc1. The molecule has 0 bridgehead atoms. The maximum Gasteiger partial charge on any atom is 0.118 e. The Kier molecular flexibility index (Phi) is 4.40. The summed E-state index contributed by atoms with van der Waals surface area (Å²) in [5.74, 6) is 0.895. The number of ether oxygens (including phenoxy) is 1. The fourth-order valence-corrected chi connectivity index (χ4v) is 1.98. The van der Waals surface area contributed by atoms with Crippen LogP contribution in [0.4, 0.5) is 0 Å². The quantitative estimate of drug-likeness (QED) is 0.774. The minimum Gasteiger partial charge on any atom is -0.497 e. The first kappa shape index (κ1) is 13.4. The molecule has 2 rings (SSSR count). The molecule has 0 aliphatic rings. The summed E-state index contributed by atoms with van der Waals surface area (Å²) in [5, 5.41) is 0. The molecular weight excluding hydrogens is 232 g/mol. The molecule has 0 fully saturated rings. The van der Waals surface area contributed by atoms with Gasteiger partial charge in [0.05, 0.1) is 7.11 Å². The summed E-state index contributed by atoms with van der Waals surface area (Å²) in [4.78, 5) is 0. The zero-order valence-corrected chi connectivity index (χ0v) is 11.8. The molecule has 0 unspecified atom stereocenters. The third-order valence-corrected chi connectivity index (χ3v) is 3.35. The molecule has 0 aliphatic carbocycles. The van der Waals surface area contributed by atoms with Gasteiger partial charge in [0, 0.05) is 0 Å². The van der Waals surface area contributed by atoms with Gasteiger partial charge in [0.25, 0.3) is 0 Å². The predicted molar refractivity (Wildman–Crippen MR) is 81.6 cm³/mol. The van der Waals surface area contributed by atoms with E-state index >= 15 is 0 Å². The Morgan fingerprint density at radius 2 is 1.68 bits per heavy atom. The van der Waals surface area contributed by atoms with Gasteiger partial charge in [-0.25, -0.2) is 0 Å². The second-order valence-electron chi connectivity index (χ2n) is 4.80. The highest BCUT2D eigenvalue weighted by molar-refractivity contribution is 5.51. The number of allylic oxidation sites excluding steroid dienone is 1. The Labute approximate surface area is 115 Å². The van der Waals surface area contributed by atoms with Crippen molar-refractivity contribution in [3.8, 4) is 5.75 Å². The molecule has 19 heavy (non-hydrogen) atoms. The van der Waals surface area contributed by atoms with E-state index < -0.39 is 0 Å². The van der Waals surface area contributed by atoms with Crippen molar-refractivity contribution in [1.82, 2.24) is 0 Å². The molecule has 0 aromatic heterocycles. The Balaban J connectivity index is 2.00. The van der Waals surface area contributed by atoms with Gasteiger partial charge in [0.2, 0.25) is 0 Å². The van der Waals surface area contributed by atoms with Gasteiger partial charge in [0.15, 0.2) is 0 Å². The molecule has 2 aromatic rings. The van der Waals surface area contributed by atoms with Crippen LogP contribution in [0.3, 0.4) is 0 Å². The highest BCUT2D eigenvalue weighted by Crippen LogP contribution is 2.14. The molecule has 1 heteroatoms. The average Bonchev–Trinajstić information content (AvgIpc) is 2.43. The van der Waals surface area contributed by atoms with Gasteiger partial charge in [-0.05, 0) is 54.7 Å². The number of methoxy groups -OCH3 is 1. The summed E-state index contributed by atoms with van der Waals surface area (Å²) in [6.45, 7) is 4.30. The van der Waals surface area contributed by atoms with Crippen LogP contribution in [0.15, 0.2) is 48.5 Å². The number of rotatable bonds is 4. The van der Waals surface area contributed by atoms with Crippen molar-refractivity contribution < 1.29 is 4.74 Å². The molecule has 0 amide bonds. The van der Waals surface area contributed by atoms with Crippen molar-refractivity contribution in [2.75, 3.05) is 7.11 Å². The van der Waals surface area contributed by atoms with E-state index in [0.717, 1.165) is 12.2 Å². The van der Waals surface area contributed by atoms with E-state index in [1.54, 1.807) is 7.11 Å². The van der Waals surface area contributed by atoms with Crippen LogP contribution < -0.4 is 4.74 Å². The summed E-state index contributed by atoms with van der Waals surface area (Å²) in [5.41, 5.74) is 5.26. The van der Waals surface area contributed by atoms with Crippen molar-refractivity contribution in [1.29, 1.82) is 0 Å². The van der Waals surface area contributed by atoms with Gasteiger partial charge < -0.3 is 4.74 Å². The van der Waals surface area contributed by atoms with Crippen molar-refractivity contribution in [2.45, 2.75) is 20.3 Å². The second kappa shape index (κ2) is 6.24. The zero-order valence-electron chi connectivity index (χ0n) is 11.8. The monoisotopic (exact) mass is 252 g/mol. The van der Waals surface area contributed by atoms with E-state index in [-0.39, 0.29) is 0 Å². The summed E-state index contributed by atoms with van der Waals surface area (Å²) in [7, 11) is 1.69.